The predicted octanol–water partition coefficient (Wildman–Crippen LogP) is 24.1. The lowest BCUT2D eigenvalue weighted by atomic mass is 10.0. The van der Waals surface area contributed by atoms with Gasteiger partial charge in [0.05, 0.1) is 6.42 Å². The van der Waals surface area contributed by atoms with E-state index in [4.69, 9.17) is 14.2 Å². The SMILES string of the molecule is CC/C=C\C/C=C\C/C=C\C/C=C\C/C=C\CC(=O)OCC(COC(=O)CCCCCCCCCCCCCC/C=C\C/C=C\C/C=C\C/C=C\CC)OC(=O)CCCCCCCCCCCCCCC/C=C\C/C=C\CCCCCCC. The molecule has 0 fully saturated rings. The van der Waals surface area contributed by atoms with Crippen molar-refractivity contribution in [1.82, 2.24) is 0 Å². The molecule has 472 valence electrons. The first-order chi connectivity index (χ1) is 41.0. The summed E-state index contributed by atoms with van der Waals surface area (Å²) in [6.45, 7) is 6.34. The fourth-order valence-corrected chi connectivity index (χ4v) is 9.54. The number of esters is 3. The van der Waals surface area contributed by atoms with Crippen molar-refractivity contribution >= 4 is 17.9 Å². The second-order valence-electron chi connectivity index (χ2n) is 22.7. The Morgan fingerprint density at radius 1 is 0.265 bits per heavy atom. The van der Waals surface area contributed by atoms with Crippen LogP contribution in [0.4, 0.5) is 0 Å². The van der Waals surface area contributed by atoms with Crippen molar-refractivity contribution in [1.29, 1.82) is 0 Å². The highest BCUT2D eigenvalue weighted by atomic mass is 16.6. The fourth-order valence-electron chi connectivity index (χ4n) is 9.54. The number of carbonyl (C=O) groups is 3. The van der Waals surface area contributed by atoms with Crippen molar-refractivity contribution in [3.8, 4) is 0 Å². The number of ether oxygens (including phenoxy) is 3. The maximum absolute atomic E-state index is 13.0. The quantitative estimate of drug-likeness (QED) is 0.0261. The van der Waals surface area contributed by atoms with Gasteiger partial charge < -0.3 is 14.2 Å². The van der Waals surface area contributed by atoms with E-state index in [1.807, 2.05) is 6.08 Å². The topological polar surface area (TPSA) is 78.9 Å². The molecule has 0 aliphatic carbocycles. The minimum atomic E-state index is -0.825. The third-order valence-corrected chi connectivity index (χ3v) is 14.7. The number of hydrogen-bond acceptors (Lipinski definition) is 6. The average molecular weight is 1150 g/mol. The normalized spacial score (nSPS) is 13.0. The molecule has 6 nitrogen and oxygen atoms in total. The van der Waals surface area contributed by atoms with Crippen LogP contribution in [-0.4, -0.2) is 37.2 Å². The minimum absolute atomic E-state index is 0.111. The lowest BCUT2D eigenvalue weighted by Gasteiger charge is -2.18. The zero-order chi connectivity index (χ0) is 59.9. The van der Waals surface area contributed by atoms with Gasteiger partial charge in [-0.1, -0.05) is 315 Å². The van der Waals surface area contributed by atoms with Crippen molar-refractivity contribution in [2.24, 2.45) is 0 Å². The zero-order valence-corrected chi connectivity index (χ0v) is 54.2. The van der Waals surface area contributed by atoms with Gasteiger partial charge in [-0.3, -0.25) is 14.4 Å². The monoisotopic (exact) mass is 1150 g/mol. The Morgan fingerprint density at radius 3 is 0.843 bits per heavy atom. The summed E-state index contributed by atoms with van der Waals surface area (Å²) in [5.41, 5.74) is 0. The van der Waals surface area contributed by atoms with Gasteiger partial charge in [-0.15, -0.1) is 0 Å². The number of rotatable bonds is 62. The molecule has 0 heterocycles. The molecule has 83 heavy (non-hydrogen) atoms. The van der Waals surface area contributed by atoms with Crippen LogP contribution in [0.5, 0.6) is 0 Å². The second kappa shape index (κ2) is 70.0. The molecule has 0 bridgehead atoms. The highest BCUT2D eigenvalue weighted by Gasteiger charge is 2.19. The van der Waals surface area contributed by atoms with Crippen LogP contribution in [0.1, 0.15) is 316 Å². The van der Waals surface area contributed by atoms with E-state index in [2.05, 4.69) is 142 Å². The van der Waals surface area contributed by atoms with Crippen LogP contribution >= 0.6 is 0 Å². The Balaban J connectivity index is 4.39. The zero-order valence-electron chi connectivity index (χ0n) is 54.2. The summed E-state index contributed by atoms with van der Waals surface area (Å²) in [5, 5.41) is 0. The number of allylic oxidation sites excluding steroid dienone is 21. The largest absolute Gasteiger partial charge is 0.462 e. The van der Waals surface area contributed by atoms with Crippen molar-refractivity contribution in [3.63, 3.8) is 0 Å². The van der Waals surface area contributed by atoms with Crippen molar-refractivity contribution < 1.29 is 28.6 Å². The first-order valence-corrected chi connectivity index (χ1v) is 34.7. The van der Waals surface area contributed by atoms with Gasteiger partial charge in [-0.05, 0) is 116 Å². The molecule has 1 unspecified atom stereocenters. The van der Waals surface area contributed by atoms with E-state index >= 15 is 0 Å². The maximum atomic E-state index is 13.0. The smallest absolute Gasteiger partial charge is 0.309 e. The van der Waals surface area contributed by atoms with Crippen LogP contribution in [-0.2, 0) is 28.6 Å². The molecule has 0 aromatic carbocycles. The van der Waals surface area contributed by atoms with Crippen LogP contribution in [0.15, 0.2) is 134 Å². The molecule has 1 atom stereocenters. The van der Waals surface area contributed by atoms with E-state index < -0.39 is 12.1 Å². The van der Waals surface area contributed by atoms with E-state index in [0.717, 1.165) is 103 Å². The van der Waals surface area contributed by atoms with E-state index in [0.29, 0.717) is 12.8 Å². The molecule has 0 aliphatic rings. The molecular weight excluding hydrogens is 1020 g/mol. The molecule has 0 radical (unpaired) electrons. The first-order valence-electron chi connectivity index (χ1n) is 34.7. The Morgan fingerprint density at radius 2 is 0.518 bits per heavy atom. The summed E-state index contributed by atoms with van der Waals surface area (Å²) in [5.74, 6) is -1.04. The summed E-state index contributed by atoms with van der Waals surface area (Å²) in [7, 11) is 0. The lowest BCUT2D eigenvalue weighted by molar-refractivity contribution is -0.166. The third kappa shape index (κ3) is 68.2. The predicted molar refractivity (Wildman–Crippen MR) is 362 cm³/mol. The Bertz CT molecular complexity index is 1750. The van der Waals surface area contributed by atoms with Gasteiger partial charge in [-0.25, -0.2) is 0 Å². The maximum Gasteiger partial charge on any atom is 0.309 e. The second-order valence-corrected chi connectivity index (χ2v) is 22.7. The molecule has 0 saturated carbocycles. The van der Waals surface area contributed by atoms with Gasteiger partial charge >= 0.3 is 17.9 Å². The van der Waals surface area contributed by atoms with E-state index in [9.17, 15) is 14.4 Å². The van der Waals surface area contributed by atoms with Crippen LogP contribution in [0.3, 0.4) is 0 Å². The van der Waals surface area contributed by atoms with Crippen molar-refractivity contribution in [2.45, 2.75) is 322 Å². The van der Waals surface area contributed by atoms with Gasteiger partial charge in [0.2, 0.25) is 0 Å². The number of hydrogen-bond donors (Lipinski definition) is 0. The summed E-state index contributed by atoms with van der Waals surface area (Å²) in [6.07, 6.45) is 99.3. The molecule has 0 saturated heterocycles. The molecule has 0 aliphatic heterocycles. The van der Waals surface area contributed by atoms with Gasteiger partial charge in [0.15, 0.2) is 6.10 Å². The molecule has 6 heteroatoms. The van der Waals surface area contributed by atoms with Gasteiger partial charge in [0.25, 0.3) is 0 Å². The highest BCUT2D eigenvalue weighted by Crippen LogP contribution is 2.17. The Kier molecular flexibility index (Phi) is 66.3. The Hall–Kier alpha value is -4.45. The Labute approximate surface area is 513 Å². The summed E-state index contributed by atoms with van der Waals surface area (Å²) in [4.78, 5) is 38.4. The van der Waals surface area contributed by atoms with Crippen LogP contribution in [0.25, 0.3) is 0 Å². The number of carbonyl (C=O) groups excluding carboxylic acids is 3. The molecule has 0 rings (SSSR count). The average Bonchev–Trinajstić information content (AvgIpc) is 3.49. The molecular formula is C77H128O6. The van der Waals surface area contributed by atoms with E-state index in [1.54, 1.807) is 6.08 Å². The number of unbranched alkanes of at least 4 members (excludes halogenated alkanes) is 30. The highest BCUT2D eigenvalue weighted by molar-refractivity contribution is 5.72. The minimum Gasteiger partial charge on any atom is -0.462 e. The molecule has 0 aromatic heterocycles. The lowest BCUT2D eigenvalue weighted by Crippen LogP contribution is -2.30. The van der Waals surface area contributed by atoms with Gasteiger partial charge in [0, 0.05) is 12.8 Å². The van der Waals surface area contributed by atoms with Crippen molar-refractivity contribution in [2.75, 3.05) is 13.2 Å². The van der Waals surface area contributed by atoms with Gasteiger partial charge in [-0.2, -0.15) is 0 Å². The summed E-state index contributed by atoms with van der Waals surface area (Å²) in [6, 6.07) is 0. The first kappa shape index (κ1) is 78.5. The fraction of sp³-hybridized carbons (Fsp3) is 0.675. The van der Waals surface area contributed by atoms with Crippen molar-refractivity contribution in [3.05, 3.63) is 134 Å². The van der Waals surface area contributed by atoms with Crippen LogP contribution in [0, 0.1) is 0 Å². The molecule has 0 N–H and O–H groups in total. The third-order valence-electron chi connectivity index (χ3n) is 14.7. The molecule has 0 aromatic rings. The summed E-state index contributed by atoms with van der Waals surface area (Å²) >= 11 is 0. The van der Waals surface area contributed by atoms with E-state index in [-0.39, 0.29) is 31.6 Å². The van der Waals surface area contributed by atoms with E-state index in [1.165, 1.54) is 173 Å². The molecule has 0 amide bonds. The standard InChI is InChI=1S/C77H128O6/c1-4-7-10-13-16-19-22-25-28-30-32-34-36-38-40-42-44-46-49-52-55-58-61-64-67-70-76(79)82-73-74(72-81-75(78)69-66-63-60-57-54-51-48-27-24-21-18-15-12-9-6-3)83-77(80)71-68-65-62-59-56-53-50-47-45-43-41-39-37-35-33-31-29-26-23-20-17-14-11-8-5-2/h7,9-10,12,16,18-19,21,23,25-28,31-34,48,54,57,63,66,74H,4-6,8,11,13-15,17,20,22,24,29-30,35-47,49-53,55-56,58-62,64-65,67-73H2,1-3H3/b10-7-,12-9-,19-16-,21-18-,26-23-,28-25-,33-31-,34-32-,48-27-,57-54-,66-63-. The molecule has 0 spiro atoms. The van der Waals surface area contributed by atoms with Crippen LogP contribution in [0.2, 0.25) is 0 Å². The van der Waals surface area contributed by atoms with Gasteiger partial charge in [0.1, 0.15) is 13.2 Å². The summed E-state index contributed by atoms with van der Waals surface area (Å²) < 4.78 is 16.9. The van der Waals surface area contributed by atoms with Crippen LogP contribution < -0.4 is 0 Å².